The summed E-state index contributed by atoms with van der Waals surface area (Å²) in [5, 5.41) is -0.813. The van der Waals surface area contributed by atoms with Gasteiger partial charge in [-0.25, -0.2) is 9.37 Å². The number of amides is 1. The van der Waals surface area contributed by atoms with Gasteiger partial charge >= 0.3 is 0 Å². The Morgan fingerprint density at radius 3 is 2.61 bits per heavy atom. The van der Waals surface area contributed by atoms with Gasteiger partial charge in [-0.15, -0.1) is 11.6 Å². The Labute approximate surface area is 165 Å². The van der Waals surface area contributed by atoms with Crippen molar-refractivity contribution in [1.82, 2.24) is 14.9 Å². The second kappa shape index (κ2) is 7.56. The van der Waals surface area contributed by atoms with Crippen LogP contribution >= 0.6 is 11.6 Å². The molecule has 1 N–H and O–H groups in total. The van der Waals surface area contributed by atoms with Gasteiger partial charge in [-0.2, -0.15) is 0 Å². The Hall–Kier alpha value is -2.99. The molecule has 1 amide bonds. The van der Waals surface area contributed by atoms with E-state index in [2.05, 4.69) is 9.97 Å². The van der Waals surface area contributed by atoms with Crippen molar-refractivity contribution in [3.8, 4) is 11.4 Å². The van der Waals surface area contributed by atoms with Crippen LogP contribution in [0.5, 0.6) is 0 Å². The Balaban J connectivity index is 1.60. The summed E-state index contributed by atoms with van der Waals surface area (Å²) >= 11 is 6.35. The summed E-state index contributed by atoms with van der Waals surface area (Å²) in [6.45, 7) is 0.527. The number of nitrogens with zero attached hydrogens (tertiary/aromatic N) is 2. The Morgan fingerprint density at radius 2 is 1.86 bits per heavy atom. The number of carbonyl (C=O) groups excluding carboxylic acids is 1. The van der Waals surface area contributed by atoms with Crippen LogP contribution in [0.25, 0.3) is 11.4 Å². The van der Waals surface area contributed by atoms with Crippen molar-refractivity contribution in [2.45, 2.75) is 18.3 Å². The summed E-state index contributed by atoms with van der Waals surface area (Å²) in [6, 6.07) is 15.2. The van der Waals surface area contributed by atoms with E-state index in [1.807, 2.05) is 18.2 Å². The van der Waals surface area contributed by atoms with Crippen LogP contribution in [0.4, 0.5) is 4.39 Å². The molecule has 0 radical (unpaired) electrons. The normalized spacial score (nSPS) is 14.4. The van der Waals surface area contributed by atoms with E-state index < -0.39 is 11.2 Å². The van der Waals surface area contributed by atoms with E-state index in [0.717, 1.165) is 0 Å². The van der Waals surface area contributed by atoms with E-state index in [0.29, 0.717) is 29.8 Å². The molecule has 1 aromatic heterocycles. The molecule has 0 unspecified atom stereocenters. The Bertz CT molecular complexity index is 1080. The lowest BCUT2D eigenvalue weighted by molar-refractivity contribution is -0.131. The van der Waals surface area contributed by atoms with Gasteiger partial charge in [-0.05, 0) is 17.7 Å². The fourth-order valence-electron chi connectivity index (χ4n) is 3.32. The predicted octanol–water partition coefficient (Wildman–Crippen LogP) is 3.44. The second-order valence-electron chi connectivity index (χ2n) is 6.60. The average Bonchev–Trinajstić information content (AvgIpc) is 2.73. The van der Waals surface area contributed by atoms with E-state index in [9.17, 15) is 14.0 Å². The molecular weight excluding hydrogens is 381 g/mol. The first-order chi connectivity index (χ1) is 13.5. The van der Waals surface area contributed by atoms with E-state index >= 15 is 0 Å². The van der Waals surface area contributed by atoms with Gasteiger partial charge in [0.25, 0.3) is 5.56 Å². The minimum atomic E-state index is -0.813. The summed E-state index contributed by atoms with van der Waals surface area (Å²) in [6.07, 6.45) is 0.408. The highest BCUT2D eigenvalue weighted by molar-refractivity contribution is 6.30. The molecule has 2 heterocycles. The average molecular weight is 398 g/mol. The lowest BCUT2D eigenvalue weighted by Gasteiger charge is -2.29. The van der Waals surface area contributed by atoms with Gasteiger partial charge in [-0.1, -0.05) is 42.5 Å². The number of hydrogen-bond donors (Lipinski definition) is 1. The molecule has 7 heteroatoms. The fraction of sp³-hybridized carbons (Fsp3) is 0.190. The molecule has 0 bridgehead atoms. The summed E-state index contributed by atoms with van der Waals surface area (Å²) in [5.41, 5.74) is 1.58. The van der Waals surface area contributed by atoms with E-state index in [1.165, 1.54) is 6.07 Å². The van der Waals surface area contributed by atoms with Crippen LogP contribution in [0.2, 0.25) is 0 Å². The van der Waals surface area contributed by atoms with Crippen molar-refractivity contribution in [2.24, 2.45) is 0 Å². The molecule has 142 valence electrons. The minimum Gasteiger partial charge on any atom is -0.336 e. The highest BCUT2D eigenvalue weighted by Gasteiger charge is 2.29. The molecule has 4 rings (SSSR count). The molecule has 28 heavy (non-hydrogen) atoms. The Morgan fingerprint density at radius 1 is 1.14 bits per heavy atom. The van der Waals surface area contributed by atoms with E-state index in [1.54, 1.807) is 35.2 Å². The van der Waals surface area contributed by atoms with Gasteiger partial charge in [-0.3, -0.25) is 9.59 Å². The monoisotopic (exact) mass is 397 g/mol. The molecule has 0 saturated heterocycles. The maximum Gasteiger partial charge on any atom is 0.256 e. The number of aromatic amines is 1. The van der Waals surface area contributed by atoms with Crippen LogP contribution < -0.4 is 5.56 Å². The van der Waals surface area contributed by atoms with Crippen molar-refractivity contribution in [3.63, 3.8) is 0 Å². The first-order valence-electron chi connectivity index (χ1n) is 8.89. The first kappa shape index (κ1) is 18.4. The third-order valence-corrected chi connectivity index (χ3v) is 5.26. The van der Waals surface area contributed by atoms with Crippen LogP contribution in [0.3, 0.4) is 0 Å². The van der Waals surface area contributed by atoms with E-state index in [-0.39, 0.29) is 29.4 Å². The topological polar surface area (TPSA) is 66.1 Å². The van der Waals surface area contributed by atoms with Crippen molar-refractivity contribution in [2.75, 3.05) is 6.54 Å². The number of fused-ring (bicyclic) bond motifs is 1. The zero-order valence-electron chi connectivity index (χ0n) is 14.9. The van der Waals surface area contributed by atoms with Gasteiger partial charge in [0.1, 0.15) is 17.0 Å². The maximum atomic E-state index is 14.0. The summed E-state index contributed by atoms with van der Waals surface area (Å²) in [7, 11) is 0. The highest BCUT2D eigenvalue weighted by Crippen LogP contribution is 2.26. The van der Waals surface area contributed by atoms with Crippen LogP contribution in [0.1, 0.15) is 22.2 Å². The highest BCUT2D eigenvalue weighted by atomic mass is 35.5. The molecule has 0 spiro atoms. The van der Waals surface area contributed by atoms with Crippen LogP contribution in [-0.2, 0) is 17.8 Å². The number of benzene rings is 2. The third-order valence-electron chi connectivity index (χ3n) is 4.82. The molecule has 0 aliphatic carbocycles. The number of carbonyl (C=O) groups is 1. The molecular formula is C21H17ClFN3O2. The molecule has 1 atom stereocenters. The smallest absolute Gasteiger partial charge is 0.256 e. The van der Waals surface area contributed by atoms with Gasteiger partial charge < -0.3 is 9.88 Å². The number of H-pyrrole nitrogens is 1. The number of hydrogen-bond acceptors (Lipinski definition) is 3. The lowest BCUT2D eigenvalue weighted by Crippen LogP contribution is -2.41. The van der Waals surface area contributed by atoms with E-state index in [4.69, 9.17) is 11.6 Å². The second-order valence-corrected chi connectivity index (χ2v) is 7.04. The molecule has 0 saturated carbocycles. The largest absolute Gasteiger partial charge is 0.336 e. The summed E-state index contributed by atoms with van der Waals surface area (Å²) < 4.78 is 14.0. The van der Waals surface area contributed by atoms with Gasteiger partial charge in [0.05, 0.1) is 23.4 Å². The van der Waals surface area contributed by atoms with Gasteiger partial charge in [0.2, 0.25) is 5.91 Å². The van der Waals surface area contributed by atoms with Crippen LogP contribution in [0, 0.1) is 5.82 Å². The Kier molecular flexibility index (Phi) is 4.96. The molecule has 5 nitrogen and oxygen atoms in total. The molecule has 1 aliphatic rings. The van der Waals surface area contributed by atoms with Crippen molar-refractivity contribution in [3.05, 3.63) is 87.6 Å². The maximum absolute atomic E-state index is 14.0. The summed E-state index contributed by atoms with van der Waals surface area (Å²) in [5.74, 6) is -0.511. The standard InChI is InChI=1S/C21H17ClFN3O2/c22-18(13-6-2-1-3-7-13)21(28)26-11-10-17-15(12-26)20(27)25-19(24-17)14-8-4-5-9-16(14)23/h1-9,18H,10-12H2,(H,24,25,27)/t18-/m0/s1. The number of halogens is 2. The SMILES string of the molecule is O=C([C@@H](Cl)c1ccccc1)N1CCc2nc(-c3ccccc3F)[nH]c(=O)c2C1. The van der Waals surface area contributed by atoms with Crippen LogP contribution in [-0.4, -0.2) is 27.3 Å². The number of alkyl halides is 1. The quantitative estimate of drug-likeness (QED) is 0.688. The lowest BCUT2D eigenvalue weighted by atomic mass is 10.0. The van der Waals surface area contributed by atoms with Crippen molar-refractivity contribution >= 4 is 17.5 Å². The van der Waals surface area contributed by atoms with Crippen molar-refractivity contribution < 1.29 is 9.18 Å². The third kappa shape index (κ3) is 3.43. The molecule has 2 aromatic carbocycles. The number of nitrogens with one attached hydrogen (secondary N) is 1. The molecule has 1 aliphatic heterocycles. The zero-order chi connectivity index (χ0) is 19.7. The van der Waals surface area contributed by atoms with Gasteiger partial charge in [0.15, 0.2) is 0 Å². The van der Waals surface area contributed by atoms with Gasteiger partial charge in [0, 0.05) is 13.0 Å². The predicted molar refractivity (Wildman–Crippen MR) is 104 cm³/mol. The van der Waals surface area contributed by atoms with Crippen molar-refractivity contribution in [1.29, 1.82) is 0 Å². The number of rotatable bonds is 3. The minimum absolute atomic E-state index is 0.129. The summed E-state index contributed by atoms with van der Waals surface area (Å²) in [4.78, 5) is 34.0. The molecule has 0 fully saturated rings. The first-order valence-corrected chi connectivity index (χ1v) is 9.33. The number of aromatic nitrogens is 2. The zero-order valence-corrected chi connectivity index (χ0v) is 15.6. The van der Waals surface area contributed by atoms with Crippen LogP contribution in [0.15, 0.2) is 59.4 Å². The fourth-order valence-corrected chi connectivity index (χ4v) is 3.60. The molecule has 3 aromatic rings.